The Bertz CT molecular complexity index is 471. The fourth-order valence-electron chi connectivity index (χ4n) is 1.36. The number of nitrogens with two attached hydrogens (primary N) is 1. The number of para-hydroxylation sites is 1. The summed E-state index contributed by atoms with van der Waals surface area (Å²) in [7, 11) is 0. The number of benzene rings is 2. The minimum Gasteiger partial charge on any atom is -0.507 e. The molecule has 2 aromatic rings. The Kier molecular flexibility index (Phi) is 6.65. The Morgan fingerprint density at radius 1 is 1.06 bits per heavy atom. The van der Waals surface area contributed by atoms with Crippen LogP contribution >= 0.6 is 24.2 Å². The highest BCUT2D eigenvalue weighted by Crippen LogP contribution is 2.28. The van der Waals surface area contributed by atoms with Gasteiger partial charge in [-0.05, 0) is 23.8 Å². The number of aromatic hydroxyl groups is 1. The molecule has 0 atom stereocenters. The summed E-state index contributed by atoms with van der Waals surface area (Å²) in [5, 5.41) is 9.61. The van der Waals surface area contributed by atoms with Crippen molar-refractivity contribution >= 4 is 24.2 Å². The van der Waals surface area contributed by atoms with Gasteiger partial charge in [-0.3, -0.25) is 0 Å². The maximum absolute atomic E-state index is 9.61. The van der Waals surface area contributed by atoms with Crippen LogP contribution in [0, 0.1) is 0 Å². The smallest absolute Gasteiger partial charge is 0.123 e. The average molecular weight is 282 g/mol. The van der Waals surface area contributed by atoms with Crippen LogP contribution in [0.1, 0.15) is 0 Å². The Hall–Kier alpha value is -1.16. The van der Waals surface area contributed by atoms with Crippen LogP contribution in [0.15, 0.2) is 53.4 Å². The number of rotatable bonds is 2. The normalized spacial score (nSPS) is 9.50. The molecule has 0 aromatic heterocycles. The molecule has 0 aliphatic carbocycles. The molecule has 0 heterocycles. The summed E-state index contributed by atoms with van der Waals surface area (Å²) < 4.78 is 0. The van der Waals surface area contributed by atoms with E-state index in [9.17, 15) is 5.11 Å². The molecule has 2 aromatic carbocycles. The van der Waals surface area contributed by atoms with E-state index >= 15 is 0 Å². The molecular formula is C14H16ClNOS. The second-order valence-electron chi connectivity index (χ2n) is 3.54. The van der Waals surface area contributed by atoms with Crippen LogP contribution in [0.4, 0.5) is 0 Å². The van der Waals surface area contributed by atoms with E-state index in [1.807, 2.05) is 42.5 Å². The molecule has 0 unspecified atom stereocenters. The van der Waals surface area contributed by atoms with E-state index in [2.05, 4.69) is 12.6 Å². The largest absolute Gasteiger partial charge is 0.507 e. The van der Waals surface area contributed by atoms with Crippen LogP contribution in [0.3, 0.4) is 0 Å². The van der Waals surface area contributed by atoms with Crippen molar-refractivity contribution in [1.82, 2.24) is 0 Å². The average Bonchev–Trinajstić information content (AvgIpc) is 2.41. The quantitative estimate of drug-likeness (QED) is 0.582. The third-order valence-electron chi connectivity index (χ3n) is 2.19. The fraction of sp³-hybridized carbons (Fsp3) is 0.143. The Labute approximate surface area is 118 Å². The molecule has 3 N–H and O–H groups in total. The van der Waals surface area contributed by atoms with Crippen LogP contribution in [0.25, 0.3) is 11.1 Å². The summed E-state index contributed by atoms with van der Waals surface area (Å²) in [6.07, 6.45) is 0. The van der Waals surface area contributed by atoms with E-state index in [-0.39, 0.29) is 0 Å². The molecule has 18 heavy (non-hydrogen) atoms. The van der Waals surface area contributed by atoms with E-state index in [0.717, 1.165) is 16.0 Å². The first kappa shape index (κ1) is 14.9. The van der Waals surface area contributed by atoms with Crippen molar-refractivity contribution in [2.24, 2.45) is 5.73 Å². The van der Waals surface area contributed by atoms with Gasteiger partial charge in [-0.2, -0.15) is 0 Å². The summed E-state index contributed by atoms with van der Waals surface area (Å²) in [5.41, 5.74) is 6.74. The van der Waals surface area contributed by atoms with Gasteiger partial charge in [-0.1, -0.05) is 30.3 Å². The fourth-order valence-corrected chi connectivity index (χ4v) is 1.51. The molecule has 0 fully saturated rings. The van der Waals surface area contributed by atoms with Crippen LogP contribution in [-0.4, -0.2) is 17.5 Å². The molecule has 0 aliphatic heterocycles. The monoisotopic (exact) mass is 281 g/mol. The van der Waals surface area contributed by atoms with Gasteiger partial charge in [0.1, 0.15) is 5.75 Å². The molecule has 0 saturated heterocycles. The maximum Gasteiger partial charge on any atom is 0.123 e. The standard InChI is InChI=1S/C12H10OS.C2H6ClN/c13-12-4-2-1-3-11(12)9-5-7-10(14)8-6-9;3-1-2-4/h1-8,13-14H;1-2,4H2. The predicted octanol–water partition coefficient (Wildman–Crippen LogP) is 3.53. The number of halogens is 1. The lowest BCUT2D eigenvalue weighted by atomic mass is 10.1. The van der Waals surface area contributed by atoms with Crippen molar-refractivity contribution in [3.05, 3.63) is 48.5 Å². The van der Waals surface area contributed by atoms with Gasteiger partial charge in [-0.25, -0.2) is 0 Å². The second-order valence-corrected chi connectivity index (χ2v) is 4.44. The van der Waals surface area contributed by atoms with Crippen LogP contribution in [0.5, 0.6) is 5.75 Å². The maximum atomic E-state index is 9.61. The van der Waals surface area contributed by atoms with Crippen LogP contribution < -0.4 is 5.73 Å². The zero-order valence-electron chi connectivity index (χ0n) is 9.88. The first-order valence-electron chi connectivity index (χ1n) is 5.52. The van der Waals surface area contributed by atoms with Crippen LogP contribution in [-0.2, 0) is 0 Å². The Morgan fingerprint density at radius 2 is 1.61 bits per heavy atom. The SMILES string of the molecule is NCCCl.Oc1ccccc1-c1ccc(S)cc1. The summed E-state index contributed by atoms with van der Waals surface area (Å²) >= 11 is 9.27. The zero-order chi connectivity index (χ0) is 13.4. The van der Waals surface area contributed by atoms with E-state index in [4.69, 9.17) is 17.3 Å². The van der Waals surface area contributed by atoms with Gasteiger partial charge in [0.25, 0.3) is 0 Å². The highest BCUT2D eigenvalue weighted by molar-refractivity contribution is 7.80. The van der Waals surface area contributed by atoms with Gasteiger partial charge in [0.05, 0.1) is 0 Å². The lowest BCUT2D eigenvalue weighted by Gasteiger charge is -2.03. The lowest BCUT2D eigenvalue weighted by Crippen LogP contribution is -1.97. The van der Waals surface area contributed by atoms with Gasteiger partial charge in [-0.15, -0.1) is 24.2 Å². The van der Waals surface area contributed by atoms with Gasteiger partial charge in [0.15, 0.2) is 0 Å². The molecule has 0 radical (unpaired) electrons. The summed E-state index contributed by atoms with van der Waals surface area (Å²) in [4.78, 5) is 0.921. The molecule has 0 aliphatic rings. The second kappa shape index (κ2) is 8.03. The van der Waals surface area contributed by atoms with Crippen molar-refractivity contribution < 1.29 is 5.11 Å². The minimum absolute atomic E-state index is 0.305. The molecule has 0 bridgehead atoms. The molecule has 2 nitrogen and oxygen atoms in total. The van der Waals surface area contributed by atoms with Gasteiger partial charge < -0.3 is 10.8 Å². The molecule has 96 valence electrons. The predicted molar refractivity (Wildman–Crippen MR) is 80.6 cm³/mol. The number of hydrogen-bond donors (Lipinski definition) is 3. The van der Waals surface area contributed by atoms with E-state index in [1.165, 1.54) is 0 Å². The molecular weight excluding hydrogens is 266 g/mol. The number of thiol groups is 1. The van der Waals surface area contributed by atoms with Crippen molar-refractivity contribution in [2.75, 3.05) is 12.4 Å². The number of phenolic OH excluding ortho intramolecular Hbond substituents is 1. The first-order chi connectivity index (χ1) is 8.69. The number of hydrogen-bond acceptors (Lipinski definition) is 3. The van der Waals surface area contributed by atoms with E-state index in [1.54, 1.807) is 6.07 Å². The third-order valence-corrected chi connectivity index (χ3v) is 2.71. The van der Waals surface area contributed by atoms with E-state index in [0.29, 0.717) is 18.2 Å². The van der Waals surface area contributed by atoms with Crippen molar-refractivity contribution in [2.45, 2.75) is 4.90 Å². The Morgan fingerprint density at radius 3 is 2.11 bits per heavy atom. The molecule has 0 spiro atoms. The van der Waals surface area contributed by atoms with Gasteiger partial charge in [0.2, 0.25) is 0 Å². The highest BCUT2D eigenvalue weighted by atomic mass is 35.5. The Balaban J connectivity index is 0.000000357. The topological polar surface area (TPSA) is 46.2 Å². The zero-order valence-corrected chi connectivity index (χ0v) is 11.5. The molecule has 0 saturated carbocycles. The molecule has 2 rings (SSSR count). The van der Waals surface area contributed by atoms with Crippen molar-refractivity contribution in [1.29, 1.82) is 0 Å². The van der Waals surface area contributed by atoms with Crippen LogP contribution in [0.2, 0.25) is 0 Å². The summed E-state index contributed by atoms with van der Waals surface area (Å²) in [6, 6.07) is 15.0. The molecule has 4 heteroatoms. The molecule has 0 amide bonds. The lowest BCUT2D eigenvalue weighted by molar-refractivity contribution is 0.477. The van der Waals surface area contributed by atoms with Gasteiger partial charge in [0, 0.05) is 22.9 Å². The summed E-state index contributed by atoms with van der Waals surface area (Å²) in [6.45, 7) is 0.585. The van der Waals surface area contributed by atoms with E-state index < -0.39 is 0 Å². The first-order valence-corrected chi connectivity index (χ1v) is 6.50. The number of alkyl halides is 1. The van der Waals surface area contributed by atoms with Gasteiger partial charge >= 0.3 is 0 Å². The van der Waals surface area contributed by atoms with Crippen molar-refractivity contribution in [3.63, 3.8) is 0 Å². The minimum atomic E-state index is 0.305. The third kappa shape index (κ3) is 4.61. The summed E-state index contributed by atoms with van der Waals surface area (Å²) in [5.74, 6) is 0.874. The van der Waals surface area contributed by atoms with Crippen molar-refractivity contribution in [3.8, 4) is 16.9 Å². The highest BCUT2D eigenvalue weighted by Gasteiger charge is 2.01. The number of phenols is 1.